The van der Waals surface area contributed by atoms with Crippen molar-refractivity contribution in [3.63, 3.8) is 0 Å². The molecule has 0 spiro atoms. The Morgan fingerprint density at radius 3 is 2.45 bits per heavy atom. The zero-order valence-corrected chi connectivity index (χ0v) is 15.0. The van der Waals surface area contributed by atoms with Gasteiger partial charge >= 0.3 is 0 Å². The predicted octanol–water partition coefficient (Wildman–Crippen LogP) is 4.17. The first-order valence-electron chi connectivity index (χ1n) is 7.74. The topological polar surface area (TPSA) is 28.2 Å². The van der Waals surface area contributed by atoms with Crippen molar-refractivity contribution in [3.05, 3.63) is 10.6 Å². The summed E-state index contributed by atoms with van der Waals surface area (Å²) in [5, 5.41) is 4.59. The number of nitrogens with one attached hydrogen (secondary N) is 1. The van der Waals surface area contributed by atoms with Gasteiger partial charge in [-0.25, -0.2) is 4.98 Å². The quantitative estimate of drug-likeness (QED) is 0.818. The molecule has 1 rings (SSSR count). The summed E-state index contributed by atoms with van der Waals surface area (Å²) in [6.07, 6.45) is 2.43. The molecule has 1 aromatic heterocycles. The Morgan fingerprint density at radius 1 is 1.30 bits per heavy atom. The molecule has 1 N–H and O–H groups in total. The van der Waals surface area contributed by atoms with Crippen LogP contribution < -0.4 is 10.2 Å². The van der Waals surface area contributed by atoms with Crippen LogP contribution in [0, 0.1) is 0 Å². The maximum Gasteiger partial charge on any atom is 0.185 e. The average Bonchev–Trinajstić information content (AvgIpc) is 2.79. The number of hydrogen-bond donors (Lipinski definition) is 1. The largest absolute Gasteiger partial charge is 0.348 e. The van der Waals surface area contributed by atoms with Crippen molar-refractivity contribution in [2.24, 2.45) is 0 Å². The van der Waals surface area contributed by atoms with Crippen LogP contribution in [0.2, 0.25) is 0 Å². The Morgan fingerprint density at radius 2 is 1.95 bits per heavy atom. The van der Waals surface area contributed by atoms with E-state index >= 15 is 0 Å². The van der Waals surface area contributed by atoms with Crippen molar-refractivity contribution < 1.29 is 0 Å². The Labute approximate surface area is 128 Å². The van der Waals surface area contributed by atoms with Gasteiger partial charge in [-0.1, -0.05) is 41.0 Å². The highest BCUT2D eigenvalue weighted by Gasteiger charge is 2.25. The van der Waals surface area contributed by atoms with Crippen LogP contribution in [0.1, 0.15) is 65.0 Å². The van der Waals surface area contributed by atoms with E-state index in [1.54, 1.807) is 0 Å². The second-order valence-electron chi connectivity index (χ2n) is 6.55. The van der Waals surface area contributed by atoms with Gasteiger partial charge in [-0.3, -0.25) is 0 Å². The Hall–Kier alpha value is -0.610. The summed E-state index contributed by atoms with van der Waals surface area (Å²) in [4.78, 5) is 8.65. The van der Waals surface area contributed by atoms with Crippen molar-refractivity contribution >= 4 is 16.5 Å². The van der Waals surface area contributed by atoms with Gasteiger partial charge in [0.25, 0.3) is 0 Å². The van der Waals surface area contributed by atoms with Gasteiger partial charge < -0.3 is 10.2 Å². The van der Waals surface area contributed by atoms with E-state index < -0.39 is 0 Å². The van der Waals surface area contributed by atoms with E-state index in [2.05, 4.69) is 58.8 Å². The summed E-state index contributed by atoms with van der Waals surface area (Å²) in [5.41, 5.74) is 1.35. The molecule has 1 heterocycles. The zero-order valence-electron chi connectivity index (χ0n) is 14.2. The molecule has 0 saturated carbocycles. The molecule has 0 aliphatic carbocycles. The number of nitrogens with zero attached hydrogens (tertiary/aromatic N) is 2. The molecule has 0 aliphatic rings. The maximum atomic E-state index is 4.94. The molecule has 0 aliphatic heterocycles. The first kappa shape index (κ1) is 17.4. The molecule has 20 heavy (non-hydrogen) atoms. The van der Waals surface area contributed by atoms with Crippen LogP contribution in [-0.2, 0) is 12.0 Å². The summed E-state index contributed by atoms with van der Waals surface area (Å²) in [7, 11) is 2.17. The van der Waals surface area contributed by atoms with Gasteiger partial charge in [0.05, 0.1) is 5.69 Å². The van der Waals surface area contributed by atoms with E-state index in [-0.39, 0.29) is 5.41 Å². The lowest BCUT2D eigenvalue weighted by atomic mass is 9.91. The Bertz CT molecular complexity index is 406. The molecular weight excluding hydrogens is 266 g/mol. The molecule has 116 valence electrons. The molecular formula is C16H31N3S. The molecule has 4 heteroatoms. The van der Waals surface area contributed by atoms with E-state index in [1.165, 1.54) is 23.4 Å². The van der Waals surface area contributed by atoms with Gasteiger partial charge in [-0.15, -0.1) is 11.3 Å². The van der Waals surface area contributed by atoms with Crippen LogP contribution in [-0.4, -0.2) is 24.6 Å². The number of aromatic nitrogens is 1. The second-order valence-corrected chi connectivity index (χ2v) is 7.61. The standard InChI is InChI=1S/C16H31N3S/c1-8-10-12(3)19(7)15-18-14(16(4,5)6)13(20-15)11-17-9-2/h12,17H,8-11H2,1-7H3. The molecule has 0 fully saturated rings. The minimum Gasteiger partial charge on any atom is -0.348 e. The summed E-state index contributed by atoms with van der Waals surface area (Å²) < 4.78 is 0. The third-order valence-corrected chi connectivity index (χ3v) is 4.75. The van der Waals surface area contributed by atoms with Crippen molar-refractivity contribution in [2.75, 3.05) is 18.5 Å². The average molecular weight is 298 g/mol. The van der Waals surface area contributed by atoms with E-state index in [9.17, 15) is 0 Å². The van der Waals surface area contributed by atoms with Crippen LogP contribution in [0.25, 0.3) is 0 Å². The molecule has 0 aromatic carbocycles. The summed E-state index contributed by atoms with van der Waals surface area (Å²) >= 11 is 1.84. The highest BCUT2D eigenvalue weighted by molar-refractivity contribution is 7.15. The molecule has 1 atom stereocenters. The fourth-order valence-electron chi connectivity index (χ4n) is 2.23. The van der Waals surface area contributed by atoms with Gasteiger partial charge in [-0.05, 0) is 19.9 Å². The zero-order chi connectivity index (χ0) is 15.3. The van der Waals surface area contributed by atoms with Crippen molar-refractivity contribution in [2.45, 2.75) is 72.4 Å². The number of thiazole rings is 1. The fraction of sp³-hybridized carbons (Fsp3) is 0.812. The summed E-state index contributed by atoms with van der Waals surface area (Å²) in [6.45, 7) is 15.3. The molecule has 1 unspecified atom stereocenters. The van der Waals surface area contributed by atoms with Crippen molar-refractivity contribution in [1.82, 2.24) is 10.3 Å². The number of hydrogen-bond acceptors (Lipinski definition) is 4. The molecule has 0 amide bonds. The lowest BCUT2D eigenvalue weighted by Gasteiger charge is -2.24. The second kappa shape index (κ2) is 7.41. The maximum absolute atomic E-state index is 4.94. The van der Waals surface area contributed by atoms with Crippen molar-refractivity contribution in [1.29, 1.82) is 0 Å². The molecule has 0 saturated heterocycles. The lowest BCUT2D eigenvalue weighted by Crippen LogP contribution is -2.28. The Kier molecular flexibility index (Phi) is 6.46. The third kappa shape index (κ3) is 4.45. The molecule has 0 bridgehead atoms. The van der Waals surface area contributed by atoms with E-state index in [1.807, 2.05) is 11.3 Å². The van der Waals surface area contributed by atoms with Gasteiger partial charge in [-0.2, -0.15) is 0 Å². The third-order valence-electron chi connectivity index (χ3n) is 3.60. The molecule has 0 radical (unpaired) electrons. The number of rotatable bonds is 7. The first-order chi connectivity index (χ1) is 9.31. The van der Waals surface area contributed by atoms with Crippen LogP contribution in [0.3, 0.4) is 0 Å². The minimum atomic E-state index is 0.105. The summed E-state index contributed by atoms with van der Waals surface area (Å²) in [6, 6.07) is 0.547. The first-order valence-corrected chi connectivity index (χ1v) is 8.56. The van der Waals surface area contributed by atoms with E-state index in [4.69, 9.17) is 4.98 Å². The summed E-state index contributed by atoms with van der Waals surface area (Å²) in [5.74, 6) is 0. The highest BCUT2D eigenvalue weighted by Crippen LogP contribution is 2.34. The van der Waals surface area contributed by atoms with Crippen LogP contribution in [0.5, 0.6) is 0 Å². The van der Waals surface area contributed by atoms with Crippen LogP contribution in [0.15, 0.2) is 0 Å². The highest BCUT2D eigenvalue weighted by atomic mass is 32.1. The van der Waals surface area contributed by atoms with Gasteiger partial charge in [0.15, 0.2) is 5.13 Å². The normalized spacial score (nSPS) is 13.6. The van der Waals surface area contributed by atoms with Crippen LogP contribution in [0.4, 0.5) is 5.13 Å². The lowest BCUT2D eigenvalue weighted by molar-refractivity contribution is 0.558. The van der Waals surface area contributed by atoms with E-state index in [0.29, 0.717) is 6.04 Å². The predicted molar refractivity (Wildman–Crippen MR) is 91.0 cm³/mol. The van der Waals surface area contributed by atoms with Crippen LogP contribution >= 0.6 is 11.3 Å². The smallest absolute Gasteiger partial charge is 0.185 e. The van der Waals surface area contributed by atoms with Gasteiger partial charge in [0.2, 0.25) is 0 Å². The molecule has 3 nitrogen and oxygen atoms in total. The molecule has 1 aromatic rings. The fourth-order valence-corrected chi connectivity index (χ4v) is 3.54. The van der Waals surface area contributed by atoms with Crippen molar-refractivity contribution in [3.8, 4) is 0 Å². The van der Waals surface area contributed by atoms with Gasteiger partial charge in [0, 0.05) is 29.9 Å². The number of anilines is 1. The monoisotopic (exact) mass is 297 g/mol. The van der Waals surface area contributed by atoms with Gasteiger partial charge in [0.1, 0.15) is 0 Å². The minimum absolute atomic E-state index is 0.105. The SMILES string of the molecule is CCCC(C)N(C)c1nc(C(C)(C)C)c(CNCC)s1. The van der Waals surface area contributed by atoms with E-state index in [0.717, 1.165) is 18.2 Å². The Balaban J connectivity index is 3.01.